The molecule has 0 spiro atoms. The quantitative estimate of drug-likeness (QED) is 0.849. The molecule has 0 saturated carbocycles. The Bertz CT molecular complexity index is 495. The Morgan fingerprint density at radius 2 is 2.33 bits per heavy atom. The van der Waals surface area contributed by atoms with Crippen LogP contribution in [0.1, 0.15) is 31.9 Å². The zero-order valence-electron chi connectivity index (χ0n) is 10.6. The van der Waals surface area contributed by atoms with Gasteiger partial charge in [0.2, 0.25) is 10.0 Å². The number of aromatic nitrogens is 1. The summed E-state index contributed by atoms with van der Waals surface area (Å²) in [7, 11) is -3.39. The molecule has 1 unspecified atom stereocenters. The average Bonchev–Trinajstić information content (AvgIpc) is 2.98. The summed E-state index contributed by atoms with van der Waals surface area (Å²) in [5.41, 5.74) is 0.526. The smallest absolute Gasteiger partial charge is 0.244 e. The fraction of sp³-hybridized carbons (Fsp3) is 0.667. The van der Waals surface area contributed by atoms with Gasteiger partial charge >= 0.3 is 0 Å². The molecule has 5 nitrogen and oxygen atoms in total. The molecule has 0 radical (unpaired) electrons. The van der Waals surface area contributed by atoms with Gasteiger partial charge in [0.1, 0.15) is 0 Å². The Hall–Kier alpha value is -0.850. The minimum Gasteiger partial charge on any atom is -0.390 e. The van der Waals surface area contributed by atoms with Crippen LogP contribution in [0.2, 0.25) is 0 Å². The van der Waals surface area contributed by atoms with Crippen molar-refractivity contribution in [2.45, 2.75) is 37.7 Å². The monoisotopic (exact) mass is 272 g/mol. The van der Waals surface area contributed by atoms with E-state index >= 15 is 0 Å². The first-order chi connectivity index (χ1) is 8.57. The highest BCUT2D eigenvalue weighted by atomic mass is 32.2. The summed E-state index contributed by atoms with van der Waals surface area (Å²) < 4.78 is 26.2. The molecule has 1 aliphatic heterocycles. The van der Waals surface area contributed by atoms with Crippen LogP contribution >= 0.6 is 0 Å². The number of hydrogen-bond acceptors (Lipinski definition) is 3. The first-order valence-corrected chi connectivity index (χ1v) is 7.80. The lowest BCUT2D eigenvalue weighted by Crippen LogP contribution is -2.28. The van der Waals surface area contributed by atoms with E-state index < -0.39 is 10.0 Å². The van der Waals surface area contributed by atoms with Gasteiger partial charge < -0.3 is 10.1 Å². The molecule has 1 saturated heterocycles. The molecular formula is C12H20N2O3S. The molecule has 1 fully saturated rings. The van der Waals surface area contributed by atoms with Crippen molar-refractivity contribution in [3.05, 3.63) is 18.0 Å². The van der Waals surface area contributed by atoms with Crippen molar-refractivity contribution in [1.29, 1.82) is 0 Å². The number of aromatic amines is 1. The topological polar surface area (TPSA) is 73.4 Å². The average molecular weight is 272 g/mol. The molecule has 0 amide bonds. The molecule has 102 valence electrons. The van der Waals surface area contributed by atoms with Gasteiger partial charge in [0, 0.05) is 25.0 Å². The number of nitrogens with zero attached hydrogens (tertiary/aromatic N) is 1. The minimum atomic E-state index is -3.39. The summed E-state index contributed by atoms with van der Waals surface area (Å²) in [6.45, 7) is 3.17. The lowest BCUT2D eigenvalue weighted by molar-refractivity contribution is 0.277. The largest absolute Gasteiger partial charge is 0.390 e. The van der Waals surface area contributed by atoms with E-state index in [1.807, 2.05) is 0 Å². The zero-order valence-corrected chi connectivity index (χ0v) is 11.4. The molecule has 18 heavy (non-hydrogen) atoms. The van der Waals surface area contributed by atoms with E-state index in [9.17, 15) is 8.42 Å². The fourth-order valence-corrected chi connectivity index (χ4v) is 4.02. The maximum atomic E-state index is 12.3. The molecule has 2 rings (SSSR count). The van der Waals surface area contributed by atoms with Crippen LogP contribution in [0.4, 0.5) is 0 Å². The molecule has 1 aliphatic rings. The van der Waals surface area contributed by atoms with Crippen LogP contribution in [0.25, 0.3) is 0 Å². The molecule has 0 aliphatic carbocycles. The zero-order chi connectivity index (χ0) is 13.2. The van der Waals surface area contributed by atoms with Crippen molar-refractivity contribution in [1.82, 2.24) is 9.29 Å². The van der Waals surface area contributed by atoms with Crippen molar-refractivity contribution in [3.63, 3.8) is 0 Å². The van der Waals surface area contributed by atoms with Gasteiger partial charge in [-0.1, -0.05) is 13.3 Å². The summed E-state index contributed by atoms with van der Waals surface area (Å²) in [6, 6.07) is 1.50. The first-order valence-electron chi connectivity index (χ1n) is 6.36. The summed E-state index contributed by atoms with van der Waals surface area (Å²) in [4.78, 5) is 3.02. The van der Waals surface area contributed by atoms with E-state index in [-0.39, 0.29) is 11.5 Å². The molecule has 6 heteroatoms. The Kier molecular flexibility index (Phi) is 4.09. The minimum absolute atomic E-state index is 0.173. The Morgan fingerprint density at radius 1 is 1.56 bits per heavy atom. The van der Waals surface area contributed by atoms with Gasteiger partial charge in [0.25, 0.3) is 0 Å². The number of aliphatic hydroxyl groups excluding tert-OH is 1. The summed E-state index contributed by atoms with van der Waals surface area (Å²) in [5, 5.41) is 8.95. The number of sulfonamides is 1. The number of aliphatic hydroxyl groups is 1. The van der Waals surface area contributed by atoms with Crippen molar-refractivity contribution < 1.29 is 13.5 Å². The van der Waals surface area contributed by atoms with Crippen LogP contribution in [0.15, 0.2) is 17.2 Å². The molecule has 2 N–H and O–H groups in total. The van der Waals surface area contributed by atoms with Crippen LogP contribution in [0.5, 0.6) is 0 Å². The molecular weight excluding hydrogens is 252 g/mol. The second-order valence-electron chi connectivity index (χ2n) is 4.83. The predicted molar refractivity (Wildman–Crippen MR) is 68.5 cm³/mol. The van der Waals surface area contributed by atoms with E-state index in [4.69, 9.17) is 5.11 Å². The van der Waals surface area contributed by atoms with Crippen molar-refractivity contribution >= 4 is 10.0 Å². The van der Waals surface area contributed by atoms with Gasteiger partial charge in [-0.25, -0.2) is 8.42 Å². The lowest BCUT2D eigenvalue weighted by atomic mass is 10.0. The van der Waals surface area contributed by atoms with E-state index in [1.54, 1.807) is 4.31 Å². The van der Waals surface area contributed by atoms with Gasteiger partial charge in [-0.15, -0.1) is 0 Å². The third-order valence-electron chi connectivity index (χ3n) is 3.47. The normalized spacial score (nSPS) is 21.6. The predicted octanol–water partition coefficient (Wildman–Crippen LogP) is 1.32. The number of nitrogens with one attached hydrogen (secondary N) is 1. The van der Waals surface area contributed by atoms with E-state index in [2.05, 4.69) is 11.9 Å². The maximum absolute atomic E-state index is 12.3. The van der Waals surface area contributed by atoms with E-state index in [0.29, 0.717) is 24.7 Å². The Morgan fingerprint density at radius 3 is 2.94 bits per heavy atom. The Balaban J connectivity index is 2.12. The fourth-order valence-electron chi connectivity index (χ4n) is 2.47. The van der Waals surface area contributed by atoms with Crippen LogP contribution in [-0.2, 0) is 16.6 Å². The van der Waals surface area contributed by atoms with E-state index in [0.717, 1.165) is 19.3 Å². The number of rotatable bonds is 5. The molecule has 1 aromatic heterocycles. The van der Waals surface area contributed by atoms with Gasteiger partial charge in [-0.3, -0.25) is 0 Å². The second-order valence-corrected chi connectivity index (χ2v) is 6.76. The summed E-state index contributed by atoms with van der Waals surface area (Å²) >= 11 is 0. The van der Waals surface area contributed by atoms with E-state index in [1.165, 1.54) is 12.3 Å². The molecule has 2 heterocycles. The molecule has 1 aromatic rings. The highest BCUT2D eigenvalue weighted by Crippen LogP contribution is 2.27. The van der Waals surface area contributed by atoms with Gasteiger partial charge in [-0.2, -0.15) is 4.31 Å². The van der Waals surface area contributed by atoms with Crippen LogP contribution in [-0.4, -0.2) is 35.9 Å². The SMILES string of the molecule is CCCC1CCN(S(=O)(=O)c2c[nH]c(CO)c2)C1. The summed E-state index contributed by atoms with van der Waals surface area (Å²) in [6.07, 6.45) is 4.58. The Labute approximate surface area is 108 Å². The van der Waals surface area contributed by atoms with Crippen molar-refractivity contribution in [3.8, 4) is 0 Å². The highest BCUT2D eigenvalue weighted by Gasteiger charge is 2.32. The van der Waals surface area contributed by atoms with Crippen LogP contribution < -0.4 is 0 Å². The van der Waals surface area contributed by atoms with Crippen LogP contribution in [0.3, 0.4) is 0 Å². The third kappa shape index (κ3) is 2.60. The molecule has 0 bridgehead atoms. The van der Waals surface area contributed by atoms with Gasteiger partial charge in [0.15, 0.2) is 0 Å². The molecule has 0 aromatic carbocycles. The van der Waals surface area contributed by atoms with Gasteiger partial charge in [-0.05, 0) is 24.8 Å². The maximum Gasteiger partial charge on any atom is 0.244 e. The van der Waals surface area contributed by atoms with Crippen molar-refractivity contribution in [2.24, 2.45) is 5.92 Å². The second kappa shape index (κ2) is 5.42. The molecule has 1 atom stereocenters. The van der Waals surface area contributed by atoms with Gasteiger partial charge in [0.05, 0.1) is 11.5 Å². The summed E-state index contributed by atoms with van der Waals surface area (Å²) in [5.74, 6) is 0.487. The van der Waals surface area contributed by atoms with Crippen molar-refractivity contribution in [2.75, 3.05) is 13.1 Å². The standard InChI is InChI=1S/C12H20N2O3S/c1-2-3-10-4-5-14(8-10)18(16,17)12-6-11(9-15)13-7-12/h6-7,10,13,15H,2-5,8-9H2,1H3. The number of H-pyrrole nitrogens is 1. The van der Waals surface area contributed by atoms with Crippen LogP contribution in [0, 0.1) is 5.92 Å². The highest BCUT2D eigenvalue weighted by molar-refractivity contribution is 7.89. The lowest BCUT2D eigenvalue weighted by Gasteiger charge is -2.15. The third-order valence-corrected chi connectivity index (χ3v) is 5.31. The first kappa shape index (κ1) is 13.6. The number of hydrogen-bond donors (Lipinski definition) is 2.